The first-order chi connectivity index (χ1) is 14.0. The fourth-order valence-corrected chi connectivity index (χ4v) is 3.29. The van der Waals surface area contributed by atoms with Gasteiger partial charge in [-0.2, -0.15) is 9.78 Å². The zero-order valence-corrected chi connectivity index (χ0v) is 16.0. The van der Waals surface area contributed by atoms with Crippen LogP contribution in [0.1, 0.15) is 30.3 Å². The van der Waals surface area contributed by atoms with E-state index in [4.69, 9.17) is 4.74 Å². The standard InChI is InChI=1S/C22H21N3O4/c1-14(15-11-12-15)23-19(26)13-29-22(28)20-17-9-5-6-10-18(17)21(27)25(24-20)16-7-3-2-4-8-16/h2-10,14-15H,11-13H2,1H3,(H,23,26). The van der Waals surface area contributed by atoms with E-state index in [2.05, 4.69) is 10.4 Å². The Balaban J connectivity index is 1.62. The first-order valence-corrected chi connectivity index (χ1v) is 9.58. The number of nitrogens with one attached hydrogen (secondary N) is 1. The third-order valence-corrected chi connectivity index (χ3v) is 5.05. The monoisotopic (exact) mass is 391 g/mol. The van der Waals surface area contributed by atoms with Crippen molar-refractivity contribution >= 4 is 22.6 Å². The molecular weight excluding hydrogens is 370 g/mol. The Morgan fingerprint density at radius 3 is 2.45 bits per heavy atom. The maximum absolute atomic E-state index is 12.8. The minimum atomic E-state index is -0.750. The van der Waals surface area contributed by atoms with Gasteiger partial charge in [0.25, 0.3) is 11.5 Å². The minimum absolute atomic E-state index is 0.00732. The van der Waals surface area contributed by atoms with Gasteiger partial charge in [-0.25, -0.2) is 4.79 Å². The fraction of sp³-hybridized carbons (Fsp3) is 0.273. The molecule has 1 aliphatic carbocycles. The molecular formula is C22H21N3O4. The van der Waals surface area contributed by atoms with Crippen LogP contribution in [0, 0.1) is 5.92 Å². The number of hydrogen-bond donors (Lipinski definition) is 1. The highest BCUT2D eigenvalue weighted by molar-refractivity contribution is 6.02. The molecule has 0 saturated heterocycles. The molecule has 1 amide bonds. The van der Waals surface area contributed by atoms with Gasteiger partial charge in [-0.1, -0.05) is 36.4 Å². The summed E-state index contributed by atoms with van der Waals surface area (Å²) in [5.41, 5.74) is 0.194. The number of aromatic nitrogens is 2. The summed E-state index contributed by atoms with van der Waals surface area (Å²) in [7, 11) is 0. The van der Waals surface area contributed by atoms with Crippen molar-refractivity contribution in [3.05, 3.63) is 70.6 Å². The summed E-state index contributed by atoms with van der Waals surface area (Å²) >= 11 is 0. The maximum atomic E-state index is 12.8. The minimum Gasteiger partial charge on any atom is -0.451 e. The Morgan fingerprint density at radius 1 is 1.10 bits per heavy atom. The Morgan fingerprint density at radius 2 is 1.76 bits per heavy atom. The predicted octanol–water partition coefficient (Wildman–Crippen LogP) is 2.46. The highest BCUT2D eigenvalue weighted by Gasteiger charge is 2.29. The van der Waals surface area contributed by atoms with Crippen molar-refractivity contribution < 1.29 is 14.3 Å². The van der Waals surface area contributed by atoms with Crippen LogP contribution in [-0.4, -0.2) is 34.3 Å². The quantitative estimate of drug-likeness (QED) is 0.652. The molecule has 0 spiro atoms. The lowest BCUT2D eigenvalue weighted by Crippen LogP contribution is -2.37. The number of benzene rings is 2. The normalized spacial score (nSPS) is 14.4. The van der Waals surface area contributed by atoms with E-state index < -0.39 is 12.6 Å². The van der Waals surface area contributed by atoms with Crippen LogP contribution in [0.25, 0.3) is 16.5 Å². The van der Waals surface area contributed by atoms with Crippen LogP contribution >= 0.6 is 0 Å². The summed E-state index contributed by atoms with van der Waals surface area (Å²) in [5.74, 6) is -0.590. The highest BCUT2D eigenvalue weighted by Crippen LogP contribution is 2.32. The van der Waals surface area contributed by atoms with Crippen LogP contribution in [-0.2, 0) is 9.53 Å². The molecule has 1 aromatic heterocycles. The molecule has 0 aliphatic heterocycles. The summed E-state index contributed by atoms with van der Waals surface area (Å²) in [6, 6.07) is 15.6. The third-order valence-electron chi connectivity index (χ3n) is 5.05. The third kappa shape index (κ3) is 4.03. The molecule has 1 fully saturated rings. The number of esters is 1. The van der Waals surface area contributed by atoms with Crippen molar-refractivity contribution in [2.75, 3.05) is 6.61 Å². The summed E-state index contributed by atoms with van der Waals surface area (Å²) in [5, 5.41) is 7.83. The van der Waals surface area contributed by atoms with Gasteiger partial charge in [0.2, 0.25) is 0 Å². The number of nitrogens with zero attached hydrogens (tertiary/aromatic N) is 2. The van der Waals surface area contributed by atoms with Crippen LogP contribution in [0.4, 0.5) is 0 Å². The van der Waals surface area contributed by atoms with E-state index in [0.29, 0.717) is 22.4 Å². The van der Waals surface area contributed by atoms with E-state index in [1.165, 1.54) is 4.68 Å². The van der Waals surface area contributed by atoms with Gasteiger partial charge in [-0.15, -0.1) is 0 Å². The molecule has 0 radical (unpaired) electrons. The van der Waals surface area contributed by atoms with Gasteiger partial charge in [0.15, 0.2) is 12.3 Å². The van der Waals surface area contributed by atoms with Crippen LogP contribution in [0.2, 0.25) is 0 Å². The summed E-state index contributed by atoms with van der Waals surface area (Å²) in [6.45, 7) is 1.55. The van der Waals surface area contributed by atoms with Gasteiger partial charge in [-0.05, 0) is 43.9 Å². The number of ether oxygens (including phenoxy) is 1. The fourth-order valence-electron chi connectivity index (χ4n) is 3.29. The molecule has 7 nitrogen and oxygen atoms in total. The van der Waals surface area contributed by atoms with Crippen molar-refractivity contribution in [1.82, 2.24) is 15.1 Å². The van der Waals surface area contributed by atoms with E-state index in [1.54, 1.807) is 48.5 Å². The number of amides is 1. The van der Waals surface area contributed by atoms with Gasteiger partial charge >= 0.3 is 5.97 Å². The van der Waals surface area contributed by atoms with Crippen molar-refractivity contribution in [3.63, 3.8) is 0 Å². The number of hydrogen-bond acceptors (Lipinski definition) is 5. The highest BCUT2D eigenvalue weighted by atomic mass is 16.5. The summed E-state index contributed by atoms with van der Waals surface area (Å²) in [6.07, 6.45) is 2.22. The van der Waals surface area contributed by atoms with Crippen LogP contribution in [0.5, 0.6) is 0 Å². The Bertz CT molecular complexity index is 1120. The van der Waals surface area contributed by atoms with Crippen molar-refractivity contribution in [2.24, 2.45) is 5.92 Å². The second-order valence-electron chi connectivity index (χ2n) is 7.22. The smallest absolute Gasteiger partial charge is 0.359 e. The van der Waals surface area contributed by atoms with E-state index in [1.807, 2.05) is 13.0 Å². The van der Waals surface area contributed by atoms with E-state index in [-0.39, 0.29) is 23.2 Å². The van der Waals surface area contributed by atoms with Crippen LogP contribution in [0.15, 0.2) is 59.4 Å². The molecule has 1 aliphatic rings. The molecule has 1 atom stereocenters. The molecule has 0 bridgehead atoms. The van der Waals surface area contributed by atoms with Gasteiger partial charge < -0.3 is 10.1 Å². The lowest BCUT2D eigenvalue weighted by molar-refractivity contribution is -0.125. The zero-order valence-electron chi connectivity index (χ0n) is 16.0. The average Bonchev–Trinajstić information content (AvgIpc) is 3.59. The second-order valence-corrected chi connectivity index (χ2v) is 7.22. The zero-order chi connectivity index (χ0) is 20.4. The van der Waals surface area contributed by atoms with E-state index in [0.717, 1.165) is 12.8 Å². The molecule has 29 heavy (non-hydrogen) atoms. The molecule has 1 unspecified atom stereocenters. The Hall–Kier alpha value is -3.48. The largest absolute Gasteiger partial charge is 0.451 e. The summed E-state index contributed by atoms with van der Waals surface area (Å²) < 4.78 is 6.38. The predicted molar refractivity (Wildman–Crippen MR) is 108 cm³/mol. The van der Waals surface area contributed by atoms with Crippen molar-refractivity contribution in [3.8, 4) is 5.69 Å². The SMILES string of the molecule is CC(NC(=O)COC(=O)c1nn(-c2ccccc2)c(=O)c2ccccc12)C1CC1. The molecule has 1 N–H and O–H groups in total. The lowest BCUT2D eigenvalue weighted by atomic mass is 10.1. The molecule has 4 rings (SSSR count). The first kappa shape index (κ1) is 18.9. The molecule has 1 saturated carbocycles. The van der Waals surface area contributed by atoms with Gasteiger partial charge in [0.1, 0.15) is 0 Å². The number of carbonyl (C=O) groups excluding carboxylic acids is 2. The average molecular weight is 391 g/mol. The lowest BCUT2D eigenvalue weighted by Gasteiger charge is -2.13. The van der Waals surface area contributed by atoms with E-state index >= 15 is 0 Å². The van der Waals surface area contributed by atoms with Crippen LogP contribution < -0.4 is 10.9 Å². The van der Waals surface area contributed by atoms with Gasteiger partial charge in [0, 0.05) is 11.4 Å². The molecule has 148 valence electrons. The maximum Gasteiger partial charge on any atom is 0.359 e. The van der Waals surface area contributed by atoms with Gasteiger partial charge in [0.05, 0.1) is 11.1 Å². The first-order valence-electron chi connectivity index (χ1n) is 9.58. The Kier molecular flexibility index (Phi) is 5.12. The second kappa shape index (κ2) is 7.87. The number of rotatable bonds is 6. The number of carbonyl (C=O) groups is 2. The number of fused-ring (bicyclic) bond motifs is 1. The van der Waals surface area contributed by atoms with Gasteiger partial charge in [-0.3, -0.25) is 9.59 Å². The Labute approximate surface area is 167 Å². The topological polar surface area (TPSA) is 90.3 Å². The molecule has 2 aromatic carbocycles. The molecule has 3 aromatic rings. The number of para-hydroxylation sites is 1. The van der Waals surface area contributed by atoms with Crippen molar-refractivity contribution in [2.45, 2.75) is 25.8 Å². The summed E-state index contributed by atoms with van der Waals surface area (Å²) in [4.78, 5) is 37.6. The van der Waals surface area contributed by atoms with Crippen LogP contribution in [0.3, 0.4) is 0 Å². The van der Waals surface area contributed by atoms with E-state index in [9.17, 15) is 14.4 Å². The molecule has 7 heteroatoms. The van der Waals surface area contributed by atoms with Crippen molar-refractivity contribution in [1.29, 1.82) is 0 Å². The molecule has 1 heterocycles.